The number of hydrazone groups is 1. The zero-order valence-corrected chi connectivity index (χ0v) is 9.37. The first kappa shape index (κ1) is 11.7. The van der Waals surface area contributed by atoms with Crippen molar-refractivity contribution in [1.29, 1.82) is 0 Å². The molecule has 15 heavy (non-hydrogen) atoms. The fourth-order valence-electron chi connectivity index (χ4n) is 0.970. The fourth-order valence-corrected chi connectivity index (χ4v) is 1.32. The Morgan fingerprint density at radius 2 is 2.00 bits per heavy atom. The van der Waals surface area contributed by atoms with Crippen molar-refractivity contribution in [2.75, 3.05) is 12.0 Å². The Morgan fingerprint density at radius 3 is 2.60 bits per heavy atom. The van der Waals surface area contributed by atoms with Crippen LogP contribution in [-0.2, 0) is 16.4 Å². The summed E-state index contributed by atoms with van der Waals surface area (Å²) < 4.78 is 21.5. The molecule has 5 heteroatoms. The van der Waals surface area contributed by atoms with Crippen LogP contribution in [-0.4, -0.2) is 26.6 Å². The van der Waals surface area contributed by atoms with Crippen LogP contribution in [0, 0.1) is 0 Å². The van der Waals surface area contributed by atoms with Gasteiger partial charge in [-0.3, -0.25) is 0 Å². The summed E-state index contributed by atoms with van der Waals surface area (Å²) in [6.07, 6.45) is 2.54. The number of hydrogen-bond donors (Lipinski definition) is 1. The smallest absolute Gasteiger partial charge is 0.152 e. The van der Waals surface area contributed by atoms with E-state index in [1.807, 2.05) is 30.3 Å². The summed E-state index contributed by atoms with van der Waals surface area (Å²) in [4.78, 5) is 0. The summed E-state index contributed by atoms with van der Waals surface area (Å²) in [5, 5.41) is 3.80. The molecule has 0 fully saturated rings. The molecule has 0 atom stereocenters. The third-order valence-corrected chi connectivity index (χ3v) is 2.44. The highest BCUT2D eigenvalue weighted by molar-refractivity contribution is 7.91. The van der Waals surface area contributed by atoms with Crippen LogP contribution in [0.5, 0.6) is 0 Å². The van der Waals surface area contributed by atoms with Crippen LogP contribution in [0.4, 0.5) is 0 Å². The van der Waals surface area contributed by atoms with Crippen LogP contribution in [0.15, 0.2) is 35.4 Å². The van der Waals surface area contributed by atoms with Crippen molar-refractivity contribution in [3.05, 3.63) is 35.9 Å². The molecule has 0 saturated carbocycles. The normalized spacial score (nSPS) is 11.8. The summed E-state index contributed by atoms with van der Waals surface area (Å²) in [6.45, 7) is 0.598. The van der Waals surface area contributed by atoms with Crippen molar-refractivity contribution in [3.63, 3.8) is 0 Å². The summed E-state index contributed by atoms with van der Waals surface area (Å²) in [7, 11) is -2.96. The quantitative estimate of drug-likeness (QED) is 0.597. The van der Waals surface area contributed by atoms with Gasteiger partial charge in [0.05, 0.1) is 12.3 Å². The lowest BCUT2D eigenvalue weighted by molar-refractivity contribution is 0.605. The molecule has 0 spiro atoms. The van der Waals surface area contributed by atoms with Gasteiger partial charge in [0.1, 0.15) is 0 Å². The predicted molar refractivity (Wildman–Crippen MR) is 61.5 cm³/mol. The molecule has 0 radical (unpaired) electrons. The van der Waals surface area contributed by atoms with Crippen molar-refractivity contribution < 1.29 is 8.42 Å². The molecule has 1 N–H and O–H groups in total. The molecule has 0 aromatic heterocycles. The maximum Gasteiger partial charge on any atom is 0.152 e. The Morgan fingerprint density at radius 1 is 1.33 bits per heavy atom. The first-order valence-corrected chi connectivity index (χ1v) is 6.60. The van der Waals surface area contributed by atoms with Gasteiger partial charge in [-0.25, -0.2) is 8.42 Å². The molecule has 1 rings (SSSR count). The Bertz CT molecular complexity index is 412. The largest absolute Gasteiger partial charge is 0.306 e. The molecular weight excluding hydrogens is 212 g/mol. The van der Waals surface area contributed by atoms with E-state index in [-0.39, 0.29) is 5.75 Å². The second-order valence-electron chi connectivity index (χ2n) is 3.22. The van der Waals surface area contributed by atoms with Gasteiger partial charge in [0.2, 0.25) is 0 Å². The average Bonchev–Trinajstić information content (AvgIpc) is 2.17. The number of nitrogens with zero attached hydrogens (tertiary/aromatic N) is 1. The van der Waals surface area contributed by atoms with E-state index in [4.69, 9.17) is 0 Å². The zero-order chi connectivity index (χ0) is 11.1. The van der Waals surface area contributed by atoms with Gasteiger partial charge in [0.15, 0.2) is 9.84 Å². The first-order chi connectivity index (χ1) is 7.08. The number of benzene rings is 1. The summed E-state index contributed by atoms with van der Waals surface area (Å²) >= 11 is 0. The second-order valence-corrected chi connectivity index (χ2v) is 5.41. The molecule has 1 aromatic carbocycles. The zero-order valence-electron chi connectivity index (χ0n) is 8.55. The minimum absolute atomic E-state index is 0.0329. The standard InChI is InChI=1S/C10H14N2O2S/c1-15(13,14)8-7-11-12-9-10-5-3-2-4-6-10/h2-7,12H,8-9H2,1H3/b11-7+. The number of sulfone groups is 1. The van der Waals surface area contributed by atoms with Gasteiger partial charge in [0, 0.05) is 12.5 Å². The molecule has 0 heterocycles. The van der Waals surface area contributed by atoms with E-state index in [0.29, 0.717) is 6.54 Å². The predicted octanol–water partition coefficient (Wildman–Crippen LogP) is 0.807. The van der Waals surface area contributed by atoms with Gasteiger partial charge in [-0.2, -0.15) is 5.10 Å². The third-order valence-electron chi connectivity index (χ3n) is 1.69. The highest BCUT2D eigenvalue weighted by Gasteiger charge is 1.96. The second kappa shape index (κ2) is 5.50. The number of hydrogen-bond acceptors (Lipinski definition) is 4. The SMILES string of the molecule is CS(=O)(=O)C/C=N/NCc1ccccc1. The highest BCUT2D eigenvalue weighted by atomic mass is 32.2. The molecule has 4 nitrogen and oxygen atoms in total. The molecule has 0 bridgehead atoms. The van der Waals surface area contributed by atoms with Crippen LogP contribution in [0.1, 0.15) is 5.56 Å². The van der Waals surface area contributed by atoms with Crippen LogP contribution in [0.25, 0.3) is 0 Å². The van der Waals surface area contributed by atoms with Gasteiger partial charge in [-0.15, -0.1) is 0 Å². The van der Waals surface area contributed by atoms with E-state index < -0.39 is 9.84 Å². The highest BCUT2D eigenvalue weighted by Crippen LogP contribution is 1.96. The summed E-state index contributed by atoms with van der Waals surface area (Å²) in [5.74, 6) is -0.0329. The lowest BCUT2D eigenvalue weighted by atomic mass is 10.2. The summed E-state index contributed by atoms with van der Waals surface area (Å²) in [6, 6.07) is 9.77. The van der Waals surface area contributed by atoms with Gasteiger partial charge in [-0.1, -0.05) is 30.3 Å². The minimum Gasteiger partial charge on any atom is -0.306 e. The van der Waals surface area contributed by atoms with Crippen molar-refractivity contribution in [2.24, 2.45) is 5.10 Å². The van der Waals surface area contributed by atoms with Crippen molar-refractivity contribution in [2.45, 2.75) is 6.54 Å². The molecule has 0 aliphatic carbocycles. The number of rotatable bonds is 5. The maximum atomic E-state index is 10.7. The minimum atomic E-state index is -2.96. The Balaban J connectivity index is 2.28. The van der Waals surface area contributed by atoms with E-state index in [1.54, 1.807) is 0 Å². The molecule has 1 aromatic rings. The molecule has 0 amide bonds. The fraction of sp³-hybridized carbons (Fsp3) is 0.300. The van der Waals surface area contributed by atoms with E-state index in [2.05, 4.69) is 10.5 Å². The lowest BCUT2D eigenvalue weighted by Crippen LogP contribution is -2.09. The Hall–Kier alpha value is -1.36. The first-order valence-electron chi connectivity index (χ1n) is 4.54. The van der Waals surface area contributed by atoms with E-state index >= 15 is 0 Å². The van der Waals surface area contributed by atoms with E-state index in [9.17, 15) is 8.42 Å². The van der Waals surface area contributed by atoms with E-state index in [1.165, 1.54) is 12.5 Å². The van der Waals surface area contributed by atoms with Crippen LogP contribution in [0.3, 0.4) is 0 Å². The Kier molecular flexibility index (Phi) is 4.30. The molecule has 82 valence electrons. The van der Waals surface area contributed by atoms with Crippen LogP contribution >= 0.6 is 0 Å². The molecular formula is C10H14N2O2S. The topological polar surface area (TPSA) is 58.5 Å². The average molecular weight is 226 g/mol. The van der Waals surface area contributed by atoms with Gasteiger partial charge in [-0.05, 0) is 5.56 Å². The number of nitrogens with one attached hydrogen (secondary N) is 1. The third kappa shape index (κ3) is 5.85. The van der Waals surface area contributed by atoms with Crippen molar-refractivity contribution >= 4 is 16.1 Å². The van der Waals surface area contributed by atoms with E-state index in [0.717, 1.165) is 5.56 Å². The van der Waals surface area contributed by atoms with Crippen LogP contribution < -0.4 is 5.43 Å². The molecule has 0 aliphatic rings. The van der Waals surface area contributed by atoms with Gasteiger partial charge >= 0.3 is 0 Å². The maximum absolute atomic E-state index is 10.7. The van der Waals surface area contributed by atoms with Gasteiger partial charge < -0.3 is 5.43 Å². The van der Waals surface area contributed by atoms with Crippen molar-refractivity contribution in [1.82, 2.24) is 5.43 Å². The monoisotopic (exact) mass is 226 g/mol. The molecule has 0 aliphatic heterocycles. The molecule has 0 unspecified atom stereocenters. The summed E-state index contributed by atoms with van der Waals surface area (Å²) in [5.41, 5.74) is 3.88. The lowest BCUT2D eigenvalue weighted by Gasteiger charge is -1.99. The Labute approximate surface area is 89.9 Å². The van der Waals surface area contributed by atoms with Gasteiger partial charge in [0.25, 0.3) is 0 Å². The molecule has 0 saturated heterocycles. The van der Waals surface area contributed by atoms with Crippen LogP contribution in [0.2, 0.25) is 0 Å². The van der Waals surface area contributed by atoms with Crippen molar-refractivity contribution in [3.8, 4) is 0 Å².